The van der Waals surface area contributed by atoms with Crippen molar-refractivity contribution in [2.45, 2.75) is 38.0 Å². The van der Waals surface area contributed by atoms with Gasteiger partial charge in [0.1, 0.15) is 11.8 Å². The summed E-state index contributed by atoms with van der Waals surface area (Å²) in [5.74, 6) is -7.18. The lowest BCUT2D eigenvalue weighted by molar-refractivity contribution is -0.141. The highest BCUT2D eigenvalue weighted by Gasteiger charge is 2.57. The molecule has 2 unspecified atom stereocenters. The minimum absolute atomic E-state index is 0.0777. The molecule has 0 radical (unpaired) electrons. The number of Topliss-reactive ketones (excluding diaryl/α,β-unsaturated/α-hetero) is 2. The van der Waals surface area contributed by atoms with Crippen LogP contribution >= 0.6 is 0 Å². The van der Waals surface area contributed by atoms with E-state index in [4.69, 9.17) is 18.9 Å². The summed E-state index contributed by atoms with van der Waals surface area (Å²) in [7, 11) is 3.08. The van der Waals surface area contributed by atoms with E-state index in [0.29, 0.717) is 22.6 Å². The summed E-state index contributed by atoms with van der Waals surface area (Å²) < 4.78 is 22.0. The largest absolute Gasteiger partial charge is 0.454 e. The Bertz CT molecular complexity index is 2110. The van der Waals surface area contributed by atoms with Crippen molar-refractivity contribution in [2.75, 3.05) is 27.7 Å². The molecule has 0 spiro atoms. The number of hydrogen-bond acceptors (Lipinski definition) is 10. The summed E-state index contributed by atoms with van der Waals surface area (Å²) in [6, 6.07) is 21.8. The third kappa shape index (κ3) is 5.88. The number of nitrogens with zero attached hydrogens (tertiary/aromatic N) is 4. The summed E-state index contributed by atoms with van der Waals surface area (Å²) in [6.45, 7) is 3.33. The number of likely N-dealkylation sites (N-methyl/N-ethyl adjacent to an activating group) is 2. The number of ether oxygens (including phenoxy) is 4. The van der Waals surface area contributed by atoms with Crippen molar-refractivity contribution in [2.24, 2.45) is 11.8 Å². The average Bonchev–Trinajstić information content (AvgIpc) is 3.99. The van der Waals surface area contributed by atoms with E-state index in [-0.39, 0.29) is 36.2 Å². The van der Waals surface area contributed by atoms with Gasteiger partial charge in [-0.15, -0.1) is 0 Å². The molecule has 14 heteroatoms. The summed E-state index contributed by atoms with van der Waals surface area (Å²) in [4.78, 5) is 94.3. The smallest absolute Gasteiger partial charge is 0.327 e. The van der Waals surface area contributed by atoms with Crippen molar-refractivity contribution in [1.82, 2.24) is 19.6 Å². The minimum atomic E-state index is -2.14. The number of amides is 6. The van der Waals surface area contributed by atoms with Gasteiger partial charge in [-0.25, -0.2) is 9.59 Å². The summed E-state index contributed by atoms with van der Waals surface area (Å²) in [6.07, 6.45) is 0. The molecule has 6 amide bonds. The van der Waals surface area contributed by atoms with Crippen LogP contribution < -0.4 is 18.9 Å². The number of fused-ring (bicyclic) bond motifs is 2. The molecule has 4 heterocycles. The Labute approximate surface area is 322 Å². The second kappa shape index (κ2) is 14.2. The molecule has 14 nitrogen and oxygen atoms in total. The number of imide groups is 2. The van der Waals surface area contributed by atoms with Crippen molar-refractivity contribution in [3.8, 4) is 23.0 Å². The van der Waals surface area contributed by atoms with E-state index in [1.54, 1.807) is 74.5 Å². The van der Waals surface area contributed by atoms with E-state index >= 15 is 19.2 Å². The zero-order valence-corrected chi connectivity index (χ0v) is 31.0. The first-order valence-electron chi connectivity index (χ1n) is 18.1. The van der Waals surface area contributed by atoms with Crippen molar-refractivity contribution in [3.63, 3.8) is 0 Å². The van der Waals surface area contributed by atoms with E-state index in [1.807, 2.05) is 0 Å². The van der Waals surface area contributed by atoms with Crippen molar-refractivity contribution in [3.05, 3.63) is 119 Å². The maximum Gasteiger partial charge on any atom is 0.327 e. The third-order valence-corrected chi connectivity index (χ3v) is 11.2. The molecular weight excluding hydrogens is 720 g/mol. The number of rotatable bonds is 9. The van der Waals surface area contributed by atoms with Gasteiger partial charge in [-0.3, -0.25) is 29.0 Å². The fourth-order valence-corrected chi connectivity index (χ4v) is 7.97. The Morgan fingerprint density at radius 3 is 1.27 bits per heavy atom. The molecule has 0 N–H and O–H groups in total. The maximum atomic E-state index is 15.5. The average molecular weight is 759 g/mol. The summed E-state index contributed by atoms with van der Waals surface area (Å²) in [5, 5.41) is 0. The maximum absolute atomic E-state index is 15.5. The van der Waals surface area contributed by atoms with Gasteiger partial charge in [0, 0.05) is 25.2 Å². The molecule has 2 fully saturated rings. The zero-order valence-electron chi connectivity index (χ0n) is 31.0. The van der Waals surface area contributed by atoms with Gasteiger partial charge in [-0.2, -0.15) is 0 Å². The fraction of sp³-hybridized carbons (Fsp3) is 0.286. The van der Waals surface area contributed by atoms with Gasteiger partial charge in [0.15, 0.2) is 34.6 Å². The van der Waals surface area contributed by atoms with Gasteiger partial charge in [0.2, 0.25) is 25.4 Å². The van der Waals surface area contributed by atoms with Crippen LogP contribution in [0, 0.1) is 11.8 Å². The van der Waals surface area contributed by atoms with Crippen LogP contribution in [-0.4, -0.2) is 94.8 Å². The highest BCUT2D eigenvalue weighted by molar-refractivity contribution is 6.23. The second-order valence-corrected chi connectivity index (χ2v) is 14.2. The van der Waals surface area contributed by atoms with Gasteiger partial charge in [0.25, 0.3) is 0 Å². The molecule has 8 rings (SSSR count). The van der Waals surface area contributed by atoms with Crippen molar-refractivity contribution in [1.29, 1.82) is 0 Å². The van der Waals surface area contributed by atoms with Crippen LogP contribution in [0.2, 0.25) is 0 Å². The monoisotopic (exact) mass is 758 g/mol. The number of carbonyl (C=O) groups is 6. The van der Waals surface area contributed by atoms with Crippen LogP contribution in [-0.2, 0) is 9.59 Å². The summed E-state index contributed by atoms with van der Waals surface area (Å²) >= 11 is 0. The molecule has 4 aromatic rings. The lowest BCUT2D eigenvalue weighted by Crippen LogP contribution is -2.53. The fourth-order valence-electron chi connectivity index (χ4n) is 7.97. The molecule has 56 heavy (non-hydrogen) atoms. The first-order valence-corrected chi connectivity index (χ1v) is 18.1. The zero-order chi connectivity index (χ0) is 39.4. The van der Waals surface area contributed by atoms with E-state index < -0.39 is 71.4 Å². The van der Waals surface area contributed by atoms with Gasteiger partial charge in [0.05, 0.1) is 24.2 Å². The molecule has 0 saturated carbocycles. The van der Waals surface area contributed by atoms with Crippen molar-refractivity contribution >= 4 is 35.4 Å². The quantitative estimate of drug-likeness (QED) is 0.158. The predicted molar refractivity (Wildman–Crippen MR) is 198 cm³/mol. The summed E-state index contributed by atoms with van der Waals surface area (Å²) in [5.41, 5.74) is 1.04. The SMILES string of the molecule is C[C@@H]1[C@H](c2ccccc2)N(C(=O)C(C(=O)c2ccc3c(c2)OCO3)C(C(=O)c2ccc3c(c2)OCO3)C(=O)N2C(=O)N(C)[C@H](C)[C@@H]2c2ccccc2)C(=O)N1C. The van der Waals surface area contributed by atoms with Crippen LogP contribution in [0.25, 0.3) is 0 Å². The number of benzene rings is 4. The molecule has 0 aromatic heterocycles. The van der Waals surface area contributed by atoms with Gasteiger partial charge in [-0.1, -0.05) is 60.7 Å². The van der Waals surface area contributed by atoms with Crippen LogP contribution in [0.3, 0.4) is 0 Å². The Morgan fingerprint density at radius 1 is 0.536 bits per heavy atom. The lowest BCUT2D eigenvalue weighted by atomic mass is 9.78. The molecule has 286 valence electrons. The van der Waals surface area contributed by atoms with Crippen LogP contribution in [0.1, 0.15) is 57.8 Å². The molecule has 0 aliphatic carbocycles. The van der Waals surface area contributed by atoms with Gasteiger partial charge >= 0.3 is 12.1 Å². The van der Waals surface area contributed by atoms with Gasteiger partial charge in [-0.05, 0) is 61.4 Å². The third-order valence-electron chi connectivity index (χ3n) is 11.2. The Hall–Kier alpha value is -6.70. The molecule has 4 aliphatic heterocycles. The highest BCUT2D eigenvalue weighted by Crippen LogP contribution is 2.43. The second-order valence-electron chi connectivity index (χ2n) is 14.2. The number of carbonyl (C=O) groups excluding carboxylic acids is 6. The van der Waals surface area contributed by atoms with E-state index in [2.05, 4.69) is 0 Å². The standard InChI is InChI=1S/C42H38N4O10/c1-23-35(25-11-7-5-8-12-25)45(41(51)43(23)3)39(49)33(37(47)27-15-17-29-31(19-27)55-21-53-29)34(38(48)28-16-18-30-32(20-28)56-22-54-30)40(50)46-36(24(2)44(4)42(46)52)26-13-9-6-10-14-26/h5-20,23-24,33-36H,21-22H2,1-4H3/t23-,24-,33?,34?,35-,36-/m1/s1. The lowest BCUT2D eigenvalue weighted by Gasteiger charge is -2.33. The first kappa shape index (κ1) is 36.3. The Morgan fingerprint density at radius 2 is 0.893 bits per heavy atom. The van der Waals surface area contributed by atoms with Crippen molar-refractivity contribution < 1.29 is 47.7 Å². The number of hydrogen-bond donors (Lipinski definition) is 0. The molecule has 6 atom stereocenters. The van der Waals surface area contributed by atoms with Crippen LogP contribution in [0.5, 0.6) is 23.0 Å². The minimum Gasteiger partial charge on any atom is -0.454 e. The molecule has 2 saturated heterocycles. The number of urea groups is 2. The van der Waals surface area contributed by atoms with Crippen LogP contribution in [0.15, 0.2) is 97.1 Å². The van der Waals surface area contributed by atoms with Crippen LogP contribution in [0.4, 0.5) is 9.59 Å². The van der Waals surface area contributed by atoms with E-state index in [9.17, 15) is 9.59 Å². The Kier molecular flexibility index (Phi) is 9.19. The molecule has 0 bridgehead atoms. The number of ketones is 2. The molecule has 4 aromatic carbocycles. The highest BCUT2D eigenvalue weighted by atomic mass is 16.7. The topological polar surface area (TPSA) is 152 Å². The molecular formula is C42H38N4O10. The Balaban J connectivity index is 1.33. The van der Waals surface area contributed by atoms with E-state index in [0.717, 1.165) is 9.80 Å². The van der Waals surface area contributed by atoms with Gasteiger partial charge < -0.3 is 28.7 Å². The normalized spacial score (nSPS) is 22.1. The van der Waals surface area contributed by atoms with E-state index in [1.165, 1.54) is 60.3 Å². The predicted octanol–water partition coefficient (Wildman–Crippen LogP) is 5.49. The first-order chi connectivity index (χ1) is 27.0. The molecule has 4 aliphatic rings.